The molecule has 2 fully saturated rings. The lowest BCUT2D eigenvalue weighted by molar-refractivity contribution is 0.121. The Balaban J connectivity index is 1.34. The average Bonchev–Trinajstić information content (AvgIpc) is 2.70. The van der Waals surface area contributed by atoms with Crippen LogP contribution in [0.1, 0.15) is 70.6 Å². The smallest absolute Gasteiger partial charge is 0.142 e. The van der Waals surface area contributed by atoms with Gasteiger partial charge in [0.25, 0.3) is 0 Å². The van der Waals surface area contributed by atoms with Crippen molar-refractivity contribution >= 4 is 11.6 Å². The summed E-state index contributed by atoms with van der Waals surface area (Å²) in [6.07, 6.45) is 16.9. The van der Waals surface area contributed by atoms with Crippen molar-refractivity contribution in [2.75, 3.05) is 6.61 Å². The standard InChI is InChI=1S/C24H34ClFO/c1-2-3-4-5-18-6-10-20(11-7-18)21-12-8-19(9-13-21)17-27-22-14-15-24(26)23(25)16-22/h2,14-16,18-21H,1,3-13,17H2. The average molecular weight is 393 g/mol. The molecule has 2 aliphatic carbocycles. The van der Waals surface area contributed by atoms with Gasteiger partial charge in [0, 0.05) is 6.07 Å². The van der Waals surface area contributed by atoms with Gasteiger partial charge in [-0.1, -0.05) is 36.9 Å². The molecule has 0 N–H and O–H groups in total. The van der Waals surface area contributed by atoms with Crippen LogP contribution in [-0.2, 0) is 0 Å². The summed E-state index contributed by atoms with van der Waals surface area (Å²) >= 11 is 5.83. The molecule has 0 spiro atoms. The lowest BCUT2D eigenvalue weighted by Gasteiger charge is -2.38. The van der Waals surface area contributed by atoms with Crippen molar-refractivity contribution in [3.8, 4) is 5.75 Å². The number of hydrogen-bond acceptors (Lipinski definition) is 1. The number of benzene rings is 1. The first-order valence-electron chi connectivity index (χ1n) is 10.8. The summed E-state index contributed by atoms with van der Waals surface area (Å²) < 4.78 is 19.1. The number of hydrogen-bond donors (Lipinski definition) is 0. The van der Waals surface area contributed by atoms with Crippen LogP contribution in [0.4, 0.5) is 4.39 Å². The highest BCUT2D eigenvalue weighted by molar-refractivity contribution is 6.30. The van der Waals surface area contributed by atoms with Crippen molar-refractivity contribution in [3.63, 3.8) is 0 Å². The van der Waals surface area contributed by atoms with Crippen molar-refractivity contribution in [1.82, 2.24) is 0 Å². The lowest BCUT2D eigenvalue weighted by atomic mass is 9.69. The first-order chi connectivity index (χ1) is 13.2. The van der Waals surface area contributed by atoms with Gasteiger partial charge in [0.15, 0.2) is 0 Å². The normalized spacial score (nSPS) is 28.7. The topological polar surface area (TPSA) is 9.23 Å². The van der Waals surface area contributed by atoms with Crippen LogP contribution in [0.2, 0.25) is 5.02 Å². The van der Waals surface area contributed by atoms with Gasteiger partial charge in [0.2, 0.25) is 0 Å². The van der Waals surface area contributed by atoms with Crippen molar-refractivity contribution in [3.05, 3.63) is 41.7 Å². The van der Waals surface area contributed by atoms with Crippen LogP contribution < -0.4 is 4.74 Å². The fraction of sp³-hybridized carbons (Fsp3) is 0.667. The Hall–Kier alpha value is -1.02. The highest BCUT2D eigenvalue weighted by atomic mass is 35.5. The fourth-order valence-corrected chi connectivity index (χ4v) is 5.28. The Morgan fingerprint density at radius 1 is 1.00 bits per heavy atom. The Labute approximate surface area is 169 Å². The molecule has 0 radical (unpaired) electrons. The number of rotatable bonds is 8. The molecule has 3 heteroatoms. The number of unbranched alkanes of at least 4 members (excludes halogenated alkanes) is 1. The maximum atomic E-state index is 13.2. The molecule has 1 aromatic rings. The molecule has 3 rings (SSSR count). The summed E-state index contributed by atoms with van der Waals surface area (Å²) in [5, 5.41) is 0.135. The zero-order valence-corrected chi connectivity index (χ0v) is 17.2. The third kappa shape index (κ3) is 6.24. The second-order valence-electron chi connectivity index (χ2n) is 8.67. The number of ether oxygens (including phenoxy) is 1. The molecule has 0 bridgehead atoms. The molecule has 0 amide bonds. The van der Waals surface area contributed by atoms with Crippen LogP contribution in [0.25, 0.3) is 0 Å². The molecular formula is C24H34ClFO. The summed E-state index contributed by atoms with van der Waals surface area (Å²) in [4.78, 5) is 0. The molecular weight excluding hydrogens is 359 g/mol. The van der Waals surface area contributed by atoms with E-state index in [1.807, 2.05) is 0 Å². The number of halogens is 2. The summed E-state index contributed by atoms with van der Waals surface area (Å²) in [7, 11) is 0. The molecule has 2 aliphatic rings. The molecule has 0 aromatic heterocycles. The van der Waals surface area contributed by atoms with Crippen molar-refractivity contribution in [2.45, 2.75) is 70.6 Å². The van der Waals surface area contributed by atoms with E-state index in [1.54, 1.807) is 12.1 Å². The maximum Gasteiger partial charge on any atom is 0.142 e. The van der Waals surface area contributed by atoms with Gasteiger partial charge in [-0.05, 0) is 87.2 Å². The summed E-state index contributed by atoms with van der Waals surface area (Å²) in [6, 6.07) is 4.62. The summed E-state index contributed by atoms with van der Waals surface area (Å²) in [5.41, 5.74) is 0. The third-order valence-electron chi connectivity index (χ3n) is 6.85. The first-order valence-corrected chi connectivity index (χ1v) is 11.2. The summed E-state index contributed by atoms with van der Waals surface area (Å²) in [5.74, 6) is 3.76. The Morgan fingerprint density at radius 2 is 1.63 bits per heavy atom. The second kappa shape index (κ2) is 10.5. The Kier molecular flexibility index (Phi) is 8.06. The van der Waals surface area contributed by atoms with Gasteiger partial charge in [-0.25, -0.2) is 4.39 Å². The quantitative estimate of drug-likeness (QED) is 0.323. The predicted octanol–water partition coefficient (Wildman–Crippen LogP) is 7.83. The zero-order chi connectivity index (χ0) is 19.1. The van der Waals surface area contributed by atoms with E-state index in [1.165, 1.54) is 76.7 Å². The monoisotopic (exact) mass is 392 g/mol. The molecule has 27 heavy (non-hydrogen) atoms. The second-order valence-corrected chi connectivity index (χ2v) is 9.08. The third-order valence-corrected chi connectivity index (χ3v) is 7.14. The summed E-state index contributed by atoms with van der Waals surface area (Å²) in [6.45, 7) is 4.56. The fourth-order valence-electron chi connectivity index (χ4n) is 5.11. The van der Waals surface area contributed by atoms with Gasteiger partial charge in [-0.2, -0.15) is 0 Å². The van der Waals surface area contributed by atoms with Crippen LogP contribution in [0.3, 0.4) is 0 Å². The minimum Gasteiger partial charge on any atom is -0.493 e. The van der Waals surface area contributed by atoms with Gasteiger partial charge in [-0.15, -0.1) is 6.58 Å². The van der Waals surface area contributed by atoms with Crippen LogP contribution >= 0.6 is 11.6 Å². The predicted molar refractivity (Wildman–Crippen MR) is 112 cm³/mol. The largest absolute Gasteiger partial charge is 0.493 e. The zero-order valence-electron chi connectivity index (χ0n) is 16.5. The molecule has 2 saturated carbocycles. The van der Waals surface area contributed by atoms with Crippen molar-refractivity contribution < 1.29 is 9.13 Å². The highest BCUT2D eigenvalue weighted by Gasteiger charge is 2.30. The van der Waals surface area contributed by atoms with Crippen molar-refractivity contribution in [1.29, 1.82) is 0 Å². The van der Waals surface area contributed by atoms with E-state index >= 15 is 0 Å². The molecule has 0 aliphatic heterocycles. The van der Waals surface area contributed by atoms with Crippen LogP contribution in [-0.4, -0.2) is 6.61 Å². The lowest BCUT2D eigenvalue weighted by Crippen LogP contribution is -2.27. The first kappa shape index (κ1) is 20.7. The van der Waals surface area contributed by atoms with Crippen LogP contribution in [0, 0.1) is 29.5 Å². The SMILES string of the molecule is C=CCCCC1CCC(C2CCC(COc3ccc(F)c(Cl)c3)CC2)CC1. The van der Waals surface area contributed by atoms with Gasteiger partial charge >= 0.3 is 0 Å². The molecule has 150 valence electrons. The van der Waals surface area contributed by atoms with E-state index in [2.05, 4.69) is 12.7 Å². The van der Waals surface area contributed by atoms with Gasteiger partial charge in [-0.3, -0.25) is 0 Å². The minimum absolute atomic E-state index is 0.135. The minimum atomic E-state index is -0.389. The van der Waals surface area contributed by atoms with E-state index < -0.39 is 0 Å². The Morgan fingerprint density at radius 3 is 2.22 bits per heavy atom. The van der Waals surface area contributed by atoms with E-state index in [4.69, 9.17) is 16.3 Å². The molecule has 1 nitrogen and oxygen atoms in total. The Bertz CT molecular complexity index is 586. The molecule has 0 heterocycles. The molecule has 0 unspecified atom stereocenters. The van der Waals surface area contributed by atoms with Crippen molar-refractivity contribution in [2.24, 2.45) is 23.7 Å². The van der Waals surface area contributed by atoms with Crippen LogP contribution in [0.15, 0.2) is 30.9 Å². The van der Waals surface area contributed by atoms with E-state index in [0.29, 0.717) is 11.7 Å². The van der Waals surface area contributed by atoms with Crippen LogP contribution in [0.5, 0.6) is 5.75 Å². The van der Waals surface area contributed by atoms with E-state index in [-0.39, 0.29) is 10.8 Å². The van der Waals surface area contributed by atoms with E-state index in [0.717, 1.165) is 24.4 Å². The van der Waals surface area contributed by atoms with Gasteiger partial charge in [0.1, 0.15) is 11.6 Å². The van der Waals surface area contributed by atoms with Gasteiger partial charge in [0.05, 0.1) is 11.6 Å². The maximum absolute atomic E-state index is 13.2. The van der Waals surface area contributed by atoms with E-state index in [9.17, 15) is 4.39 Å². The molecule has 0 atom stereocenters. The van der Waals surface area contributed by atoms with Gasteiger partial charge < -0.3 is 4.74 Å². The number of allylic oxidation sites excluding steroid dienone is 1. The molecule has 1 aromatic carbocycles. The molecule has 0 saturated heterocycles. The highest BCUT2D eigenvalue weighted by Crippen LogP contribution is 2.42.